The molecule has 3 nitrogen and oxygen atoms in total. The van der Waals surface area contributed by atoms with Crippen molar-refractivity contribution < 1.29 is 14.3 Å². The molecule has 86 valence electrons. The second-order valence-electron chi connectivity index (χ2n) is 4.04. The van der Waals surface area contributed by atoms with E-state index < -0.39 is 0 Å². The van der Waals surface area contributed by atoms with Crippen LogP contribution < -0.4 is 4.74 Å². The van der Waals surface area contributed by atoms with Gasteiger partial charge in [-0.1, -0.05) is 12.1 Å². The van der Waals surface area contributed by atoms with E-state index in [1.807, 2.05) is 24.3 Å². The highest BCUT2D eigenvalue weighted by Gasteiger charge is 2.22. The van der Waals surface area contributed by atoms with Crippen molar-refractivity contribution in [1.82, 2.24) is 0 Å². The second kappa shape index (κ2) is 5.12. The number of hydrogen-bond donors (Lipinski definition) is 0. The maximum absolute atomic E-state index is 11.6. The molecule has 0 radical (unpaired) electrons. The molecule has 0 spiro atoms. The average Bonchev–Trinajstić information content (AvgIpc) is 2.33. The molecule has 2 rings (SSSR count). The third-order valence-corrected chi connectivity index (χ3v) is 2.91. The lowest BCUT2D eigenvalue weighted by Crippen LogP contribution is -2.29. The highest BCUT2D eigenvalue weighted by molar-refractivity contribution is 5.82. The van der Waals surface area contributed by atoms with Gasteiger partial charge in [0.15, 0.2) is 0 Å². The molecule has 0 aliphatic carbocycles. The molecule has 0 bridgehead atoms. The van der Waals surface area contributed by atoms with Gasteiger partial charge in [-0.25, -0.2) is 0 Å². The third-order valence-electron chi connectivity index (χ3n) is 2.91. The Kier molecular flexibility index (Phi) is 3.57. The van der Waals surface area contributed by atoms with Crippen LogP contribution in [0.1, 0.15) is 12.0 Å². The first-order chi connectivity index (χ1) is 7.79. The summed E-state index contributed by atoms with van der Waals surface area (Å²) in [4.78, 5) is 11.6. The Labute approximate surface area is 95.4 Å². The van der Waals surface area contributed by atoms with Gasteiger partial charge in [0.25, 0.3) is 0 Å². The Morgan fingerprint density at radius 1 is 1.38 bits per heavy atom. The molecule has 1 saturated heterocycles. The van der Waals surface area contributed by atoms with Crippen LogP contribution in [0.15, 0.2) is 24.3 Å². The third kappa shape index (κ3) is 2.61. The van der Waals surface area contributed by atoms with Crippen LogP contribution in [0.25, 0.3) is 0 Å². The first-order valence-corrected chi connectivity index (χ1v) is 5.53. The van der Waals surface area contributed by atoms with Gasteiger partial charge in [-0.3, -0.25) is 4.79 Å². The largest absolute Gasteiger partial charge is 0.497 e. The molecule has 1 heterocycles. The average molecular weight is 220 g/mol. The summed E-state index contributed by atoms with van der Waals surface area (Å²) in [6, 6.07) is 7.84. The lowest BCUT2D eigenvalue weighted by atomic mass is 9.93. The summed E-state index contributed by atoms with van der Waals surface area (Å²) >= 11 is 0. The molecule has 0 unspecified atom stereocenters. The van der Waals surface area contributed by atoms with Crippen molar-refractivity contribution in [1.29, 1.82) is 0 Å². The number of ether oxygens (including phenoxy) is 2. The SMILES string of the molecule is COc1ccc(C[C@H]2COCCC2=O)cc1. The Bertz CT molecular complexity index is 356. The van der Waals surface area contributed by atoms with Crippen molar-refractivity contribution in [2.75, 3.05) is 20.3 Å². The Morgan fingerprint density at radius 3 is 2.75 bits per heavy atom. The van der Waals surface area contributed by atoms with E-state index >= 15 is 0 Å². The van der Waals surface area contributed by atoms with Gasteiger partial charge in [-0.15, -0.1) is 0 Å². The summed E-state index contributed by atoms with van der Waals surface area (Å²) in [7, 11) is 1.65. The van der Waals surface area contributed by atoms with Gasteiger partial charge in [-0.05, 0) is 24.1 Å². The molecular formula is C13H16O3. The maximum Gasteiger partial charge on any atom is 0.140 e. The van der Waals surface area contributed by atoms with Crippen molar-refractivity contribution >= 4 is 5.78 Å². The van der Waals surface area contributed by atoms with Crippen molar-refractivity contribution in [3.05, 3.63) is 29.8 Å². The van der Waals surface area contributed by atoms with Crippen LogP contribution >= 0.6 is 0 Å². The number of hydrogen-bond acceptors (Lipinski definition) is 3. The summed E-state index contributed by atoms with van der Waals surface area (Å²) in [6.07, 6.45) is 1.32. The van der Waals surface area contributed by atoms with Crippen molar-refractivity contribution in [3.63, 3.8) is 0 Å². The zero-order valence-electron chi connectivity index (χ0n) is 9.44. The molecule has 1 aliphatic heterocycles. The molecule has 1 aliphatic rings. The predicted molar refractivity (Wildman–Crippen MR) is 60.6 cm³/mol. The number of Topliss-reactive ketones (excluding diaryl/α,β-unsaturated/α-hetero) is 1. The molecule has 1 fully saturated rings. The zero-order valence-corrected chi connectivity index (χ0v) is 9.44. The zero-order chi connectivity index (χ0) is 11.4. The molecule has 0 N–H and O–H groups in total. The lowest BCUT2D eigenvalue weighted by molar-refractivity contribution is -0.130. The van der Waals surface area contributed by atoms with E-state index in [0.29, 0.717) is 25.4 Å². The lowest BCUT2D eigenvalue weighted by Gasteiger charge is -2.20. The number of rotatable bonds is 3. The van der Waals surface area contributed by atoms with E-state index in [-0.39, 0.29) is 5.92 Å². The molecule has 1 atom stereocenters. The first kappa shape index (κ1) is 11.1. The number of carbonyl (C=O) groups excluding carboxylic acids is 1. The van der Waals surface area contributed by atoms with Crippen LogP contribution in [0, 0.1) is 5.92 Å². The topological polar surface area (TPSA) is 35.5 Å². The standard InChI is InChI=1S/C13H16O3/c1-15-12-4-2-10(3-5-12)8-11-9-16-7-6-13(11)14/h2-5,11H,6-9H2,1H3/t11-/m0/s1. The number of ketones is 1. The van der Waals surface area contributed by atoms with Gasteiger partial charge in [0.2, 0.25) is 0 Å². The highest BCUT2D eigenvalue weighted by Crippen LogP contribution is 2.18. The monoisotopic (exact) mass is 220 g/mol. The van der Waals surface area contributed by atoms with E-state index in [1.54, 1.807) is 7.11 Å². The van der Waals surface area contributed by atoms with Gasteiger partial charge in [0.1, 0.15) is 11.5 Å². The summed E-state index contributed by atoms with van der Waals surface area (Å²) < 4.78 is 10.4. The number of carbonyl (C=O) groups is 1. The fourth-order valence-electron chi connectivity index (χ4n) is 1.91. The highest BCUT2D eigenvalue weighted by atomic mass is 16.5. The second-order valence-corrected chi connectivity index (χ2v) is 4.04. The van der Waals surface area contributed by atoms with Gasteiger partial charge in [-0.2, -0.15) is 0 Å². The van der Waals surface area contributed by atoms with Crippen molar-refractivity contribution in [2.45, 2.75) is 12.8 Å². The van der Waals surface area contributed by atoms with E-state index in [1.165, 1.54) is 0 Å². The first-order valence-electron chi connectivity index (χ1n) is 5.53. The molecule has 1 aromatic rings. The van der Waals surface area contributed by atoms with E-state index in [9.17, 15) is 4.79 Å². The molecule has 0 amide bonds. The molecule has 16 heavy (non-hydrogen) atoms. The van der Waals surface area contributed by atoms with Gasteiger partial charge in [0, 0.05) is 12.3 Å². The number of benzene rings is 1. The molecule has 0 saturated carbocycles. The minimum atomic E-state index is 0.0298. The van der Waals surface area contributed by atoms with Crippen molar-refractivity contribution in [3.8, 4) is 5.75 Å². The van der Waals surface area contributed by atoms with Gasteiger partial charge < -0.3 is 9.47 Å². The molecule has 3 heteroatoms. The number of methoxy groups -OCH3 is 1. The Hall–Kier alpha value is -1.35. The fourth-order valence-corrected chi connectivity index (χ4v) is 1.91. The normalized spacial score (nSPS) is 20.8. The summed E-state index contributed by atoms with van der Waals surface area (Å²) in [5.74, 6) is 1.19. The van der Waals surface area contributed by atoms with Crippen LogP contribution in [-0.2, 0) is 16.0 Å². The minimum absolute atomic E-state index is 0.0298. The van der Waals surface area contributed by atoms with Crippen LogP contribution in [-0.4, -0.2) is 26.1 Å². The van der Waals surface area contributed by atoms with Crippen LogP contribution in [0.2, 0.25) is 0 Å². The van der Waals surface area contributed by atoms with Gasteiger partial charge >= 0.3 is 0 Å². The van der Waals surface area contributed by atoms with Crippen LogP contribution in [0.4, 0.5) is 0 Å². The maximum atomic E-state index is 11.6. The van der Waals surface area contributed by atoms with Gasteiger partial charge in [0.05, 0.1) is 20.3 Å². The molecular weight excluding hydrogens is 204 g/mol. The Morgan fingerprint density at radius 2 is 2.12 bits per heavy atom. The smallest absolute Gasteiger partial charge is 0.140 e. The van der Waals surface area contributed by atoms with Crippen molar-refractivity contribution in [2.24, 2.45) is 5.92 Å². The fraction of sp³-hybridized carbons (Fsp3) is 0.462. The summed E-state index contributed by atoms with van der Waals surface area (Å²) in [5.41, 5.74) is 1.16. The quantitative estimate of drug-likeness (QED) is 0.779. The van der Waals surface area contributed by atoms with Crippen LogP contribution in [0.3, 0.4) is 0 Å². The van der Waals surface area contributed by atoms with E-state index in [4.69, 9.17) is 9.47 Å². The summed E-state index contributed by atoms with van der Waals surface area (Å²) in [6.45, 7) is 1.14. The Balaban J connectivity index is 1.99. The van der Waals surface area contributed by atoms with E-state index in [0.717, 1.165) is 17.7 Å². The van der Waals surface area contributed by atoms with Crippen LogP contribution in [0.5, 0.6) is 5.75 Å². The molecule has 1 aromatic carbocycles. The predicted octanol–water partition coefficient (Wildman–Crippen LogP) is 1.84. The summed E-state index contributed by atoms with van der Waals surface area (Å²) in [5, 5.41) is 0. The van der Waals surface area contributed by atoms with E-state index in [2.05, 4.69) is 0 Å². The molecule has 0 aromatic heterocycles. The minimum Gasteiger partial charge on any atom is -0.497 e.